The van der Waals surface area contributed by atoms with E-state index in [9.17, 15) is 4.79 Å². The Hall–Kier alpha value is -1.07. The summed E-state index contributed by atoms with van der Waals surface area (Å²) in [5.74, 6) is 0.515. The number of hydrogen-bond donors (Lipinski definition) is 1. The number of ketones is 1. The first-order valence-electron chi connectivity index (χ1n) is 7.48. The van der Waals surface area contributed by atoms with Crippen LogP contribution in [-0.2, 0) is 0 Å². The fraction of sp³-hybridized carbons (Fsp3) is 0.667. The molecule has 2 fully saturated rings. The van der Waals surface area contributed by atoms with Crippen LogP contribution in [0.5, 0.6) is 0 Å². The molecule has 1 aliphatic carbocycles. The summed E-state index contributed by atoms with van der Waals surface area (Å²) in [6.45, 7) is 8.70. The minimum atomic E-state index is 0.251. The van der Waals surface area contributed by atoms with Crippen molar-refractivity contribution in [1.82, 2.24) is 4.90 Å². The van der Waals surface area contributed by atoms with Gasteiger partial charge in [0.1, 0.15) is 0 Å². The van der Waals surface area contributed by atoms with E-state index in [1.54, 1.807) is 11.3 Å². The lowest BCUT2D eigenvalue weighted by Crippen LogP contribution is -2.48. The van der Waals surface area contributed by atoms with Gasteiger partial charge in [0.05, 0.1) is 15.6 Å². The lowest BCUT2D eigenvalue weighted by molar-refractivity contribution is 0.0972. The molecule has 0 aromatic carbocycles. The molecule has 0 unspecified atom stereocenters. The number of rotatable bonds is 4. The number of carbonyl (C=O) groups excluding carboxylic acids is 1. The first-order chi connectivity index (χ1) is 9.56. The lowest BCUT2D eigenvalue weighted by atomic mass is 10.2. The third-order valence-corrected chi connectivity index (χ3v) is 5.50. The van der Waals surface area contributed by atoms with Gasteiger partial charge >= 0.3 is 0 Å². The number of nitrogens with two attached hydrogens (primary N) is 1. The molecule has 4 nitrogen and oxygen atoms in total. The molecule has 1 aromatic heterocycles. The summed E-state index contributed by atoms with van der Waals surface area (Å²) in [7, 11) is 0. The Balaban J connectivity index is 1.69. The maximum Gasteiger partial charge on any atom is 0.178 e. The number of nitrogens with zero attached hydrogens (tertiary/aromatic N) is 2. The Bertz CT molecular complexity index is 499. The summed E-state index contributed by atoms with van der Waals surface area (Å²) in [6.07, 6.45) is 2.08. The van der Waals surface area contributed by atoms with Gasteiger partial charge in [-0.05, 0) is 32.8 Å². The Morgan fingerprint density at radius 1 is 1.30 bits per heavy atom. The van der Waals surface area contributed by atoms with Gasteiger partial charge in [0, 0.05) is 38.1 Å². The molecule has 2 N–H and O–H groups in total. The summed E-state index contributed by atoms with van der Waals surface area (Å²) in [6, 6.07) is 2.60. The maximum atomic E-state index is 12.2. The number of piperazine rings is 1. The Morgan fingerprint density at radius 2 is 1.95 bits per heavy atom. The highest BCUT2D eigenvalue weighted by Crippen LogP contribution is 2.40. The average Bonchev–Trinajstić information content (AvgIpc) is 3.21. The fourth-order valence-electron chi connectivity index (χ4n) is 2.73. The minimum absolute atomic E-state index is 0.251. The summed E-state index contributed by atoms with van der Waals surface area (Å²) >= 11 is 1.58. The van der Waals surface area contributed by atoms with Crippen molar-refractivity contribution in [1.29, 1.82) is 0 Å². The zero-order valence-corrected chi connectivity index (χ0v) is 13.1. The number of carbonyl (C=O) groups is 1. The van der Waals surface area contributed by atoms with Crippen LogP contribution in [0.1, 0.15) is 36.4 Å². The van der Waals surface area contributed by atoms with E-state index in [1.165, 1.54) is 0 Å². The molecule has 0 atom stereocenters. The van der Waals surface area contributed by atoms with Gasteiger partial charge in [-0.15, -0.1) is 11.3 Å². The molecule has 110 valence electrons. The van der Waals surface area contributed by atoms with Crippen LogP contribution < -0.4 is 10.6 Å². The first kappa shape index (κ1) is 13.9. The van der Waals surface area contributed by atoms with Gasteiger partial charge in [-0.2, -0.15) is 0 Å². The minimum Gasteiger partial charge on any atom is -0.397 e. The summed E-state index contributed by atoms with van der Waals surface area (Å²) in [4.78, 5) is 17.8. The summed E-state index contributed by atoms with van der Waals surface area (Å²) in [5.41, 5.74) is 6.72. The monoisotopic (exact) mass is 293 g/mol. The van der Waals surface area contributed by atoms with Crippen molar-refractivity contribution in [3.05, 3.63) is 10.9 Å². The van der Waals surface area contributed by atoms with Crippen LogP contribution in [0.15, 0.2) is 6.07 Å². The molecular formula is C15H23N3OS. The van der Waals surface area contributed by atoms with Crippen LogP contribution in [0.25, 0.3) is 0 Å². The fourth-order valence-corrected chi connectivity index (χ4v) is 3.88. The van der Waals surface area contributed by atoms with Crippen molar-refractivity contribution in [3.63, 3.8) is 0 Å². The zero-order chi connectivity index (χ0) is 14.3. The molecule has 1 aromatic rings. The van der Waals surface area contributed by atoms with Gasteiger partial charge in [0.25, 0.3) is 0 Å². The second-order valence-corrected chi connectivity index (χ2v) is 7.16. The van der Waals surface area contributed by atoms with Gasteiger partial charge in [0.2, 0.25) is 0 Å². The predicted octanol–water partition coefficient (Wildman–Crippen LogP) is 2.45. The lowest BCUT2D eigenvalue weighted by Gasteiger charge is -2.37. The highest BCUT2D eigenvalue weighted by molar-refractivity contribution is 7.18. The molecule has 20 heavy (non-hydrogen) atoms. The van der Waals surface area contributed by atoms with E-state index in [0.717, 1.165) is 48.9 Å². The van der Waals surface area contributed by atoms with Crippen molar-refractivity contribution in [3.8, 4) is 0 Å². The van der Waals surface area contributed by atoms with Crippen LogP contribution in [0.3, 0.4) is 0 Å². The van der Waals surface area contributed by atoms with Crippen LogP contribution in [0, 0.1) is 5.92 Å². The smallest absolute Gasteiger partial charge is 0.178 e. The van der Waals surface area contributed by atoms with Gasteiger partial charge in [0.15, 0.2) is 5.78 Å². The summed E-state index contributed by atoms with van der Waals surface area (Å²) in [5, 5.41) is 1.16. The molecule has 3 rings (SSSR count). The van der Waals surface area contributed by atoms with Crippen LogP contribution in [0.4, 0.5) is 10.7 Å². The third kappa shape index (κ3) is 2.69. The number of nitrogen functional groups attached to an aromatic ring is 1. The van der Waals surface area contributed by atoms with Crippen molar-refractivity contribution >= 4 is 27.8 Å². The molecule has 0 bridgehead atoms. The molecule has 1 saturated carbocycles. The Kier molecular flexibility index (Phi) is 3.73. The Labute approximate surface area is 124 Å². The van der Waals surface area contributed by atoms with E-state index < -0.39 is 0 Å². The average molecular weight is 293 g/mol. The van der Waals surface area contributed by atoms with Gasteiger partial charge in [-0.25, -0.2) is 0 Å². The van der Waals surface area contributed by atoms with Crippen LogP contribution in [-0.4, -0.2) is 42.9 Å². The molecular weight excluding hydrogens is 270 g/mol. The molecule has 2 aliphatic rings. The van der Waals surface area contributed by atoms with E-state index >= 15 is 0 Å². The molecule has 0 spiro atoms. The molecule has 1 aliphatic heterocycles. The predicted molar refractivity (Wildman–Crippen MR) is 84.7 cm³/mol. The van der Waals surface area contributed by atoms with E-state index in [4.69, 9.17) is 5.73 Å². The molecule has 5 heteroatoms. The highest BCUT2D eigenvalue weighted by Gasteiger charge is 2.33. The number of anilines is 2. The van der Waals surface area contributed by atoms with Crippen molar-refractivity contribution < 1.29 is 4.79 Å². The largest absolute Gasteiger partial charge is 0.397 e. The molecule has 0 radical (unpaired) electrons. The molecule has 2 heterocycles. The number of hydrogen-bond acceptors (Lipinski definition) is 5. The number of Topliss-reactive ketones (excluding diaryl/α,β-unsaturated/α-hetero) is 1. The second-order valence-electron chi connectivity index (χ2n) is 6.12. The summed E-state index contributed by atoms with van der Waals surface area (Å²) < 4.78 is 0. The van der Waals surface area contributed by atoms with Crippen molar-refractivity contribution in [2.75, 3.05) is 36.8 Å². The standard InChI is InChI=1S/C15H23N3OS/c1-10(2)17-5-7-18(8-6-17)13-9-12(16)15(20-13)14(19)11-3-4-11/h9-11H,3-8,16H2,1-2H3. The van der Waals surface area contributed by atoms with E-state index in [1.807, 2.05) is 6.07 Å². The van der Waals surface area contributed by atoms with E-state index in [2.05, 4.69) is 23.6 Å². The zero-order valence-electron chi connectivity index (χ0n) is 12.3. The van der Waals surface area contributed by atoms with Crippen molar-refractivity contribution in [2.24, 2.45) is 5.92 Å². The van der Waals surface area contributed by atoms with E-state index in [0.29, 0.717) is 11.7 Å². The number of thiophene rings is 1. The Morgan fingerprint density at radius 3 is 2.50 bits per heavy atom. The molecule has 1 saturated heterocycles. The third-order valence-electron chi connectivity index (χ3n) is 4.28. The highest BCUT2D eigenvalue weighted by atomic mass is 32.1. The quantitative estimate of drug-likeness (QED) is 0.866. The van der Waals surface area contributed by atoms with Crippen LogP contribution >= 0.6 is 11.3 Å². The van der Waals surface area contributed by atoms with Gasteiger partial charge < -0.3 is 10.6 Å². The van der Waals surface area contributed by atoms with Gasteiger partial charge in [-0.1, -0.05) is 0 Å². The maximum absolute atomic E-state index is 12.2. The van der Waals surface area contributed by atoms with Gasteiger partial charge in [-0.3, -0.25) is 9.69 Å². The topological polar surface area (TPSA) is 49.6 Å². The SMILES string of the molecule is CC(C)N1CCN(c2cc(N)c(C(=O)C3CC3)s2)CC1. The van der Waals surface area contributed by atoms with E-state index in [-0.39, 0.29) is 11.7 Å². The second kappa shape index (κ2) is 5.37. The first-order valence-corrected chi connectivity index (χ1v) is 8.30. The van der Waals surface area contributed by atoms with Crippen LogP contribution in [0.2, 0.25) is 0 Å². The normalized spacial score (nSPS) is 20.6. The molecule has 0 amide bonds. The van der Waals surface area contributed by atoms with Crippen molar-refractivity contribution in [2.45, 2.75) is 32.7 Å².